The largest absolute Gasteiger partial charge is 0.480 e. The molecule has 9 heteroatoms. The summed E-state index contributed by atoms with van der Waals surface area (Å²) in [5.74, 6) is -0.299. The monoisotopic (exact) mass is 447 g/mol. The second kappa shape index (κ2) is 8.45. The van der Waals surface area contributed by atoms with Crippen molar-refractivity contribution in [2.24, 2.45) is 0 Å². The van der Waals surface area contributed by atoms with Gasteiger partial charge in [-0.25, -0.2) is 4.98 Å². The highest BCUT2D eigenvalue weighted by Crippen LogP contribution is 2.35. The second-order valence-corrected chi connectivity index (χ2v) is 8.47. The third kappa shape index (κ3) is 3.75. The summed E-state index contributed by atoms with van der Waals surface area (Å²) in [6.45, 7) is 0.916. The topological polar surface area (TPSA) is 84.7 Å². The van der Waals surface area contributed by atoms with Crippen LogP contribution in [0.3, 0.4) is 0 Å². The minimum absolute atomic E-state index is 0.178. The molecule has 1 aromatic carbocycles. The molecule has 2 aromatic heterocycles. The molecule has 30 heavy (non-hydrogen) atoms. The number of rotatable bonds is 8. The van der Waals surface area contributed by atoms with E-state index in [0.717, 1.165) is 12.8 Å². The normalized spacial score (nSPS) is 13.8. The van der Waals surface area contributed by atoms with Gasteiger partial charge in [0.2, 0.25) is 0 Å². The molecule has 7 nitrogen and oxygen atoms in total. The Labute approximate surface area is 182 Å². The van der Waals surface area contributed by atoms with Crippen molar-refractivity contribution in [2.75, 3.05) is 31.4 Å². The van der Waals surface area contributed by atoms with E-state index in [1.807, 2.05) is 12.3 Å². The fraction of sp³-hybridized carbons (Fsp3) is 0.381. The summed E-state index contributed by atoms with van der Waals surface area (Å²) < 4.78 is 6.83. The van der Waals surface area contributed by atoms with Crippen LogP contribution in [0.2, 0.25) is 5.02 Å². The third-order valence-electron chi connectivity index (χ3n) is 5.27. The third-order valence-corrected chi connectivity index (χ3v) is 6.52. The Morgan fingerprint density at radius 1 is 1.33 bits per heavy atom. The summed E-state index contributed by atoms with van der Waals surface area (Å²) in [6, 6.07) is 7.30. The van der Waals surface area contributed by atoms with Crippen molar-refractivity contribution in [3.05, 3.63) is 39.5 Å². The molecule has 0 amide bonds. The number of benzene rings is 1. The lowest BCUT2D eigenvalue weighted by Gasteiger charge is -2.24. The first kappa shape index (κ1) is 21.0. The van der Waals surface area contributed by atoms with Gasteiger partial charge in [0.15, 0.2) is 5.43 Å². The van der Waals surface area contributed by atoms with Crippen LogP contribution in [-0.2, 0) is 16.1 Å². The summed E-state index contributed by atoms with van der Waals surface area (Å²) in [4.78, 5) is 32.5. The Morgan fingerprint density at radius 2 is 2.07 bits per heavy atom. The van der Waals surface area contributed by atoms with E-state index in [2.05, 4.69) is 4.90 Å². The lowest BCUT2D eigenvalue weighted by atomic mass is 10.1. The van der Waals surface area contributed by atoms with Crippen molar-refractivity contribution in [1.82, 2.24) is 9.55 Å². The maximum Gasteiger partial charge on any atom is 0.323 e. The SMILES string of the molecule is COCCN(c1ccc2c(=O)c3ccc(Cl)c(SC)c3n(CC(=O)O)c2n1)C1CC1. The number of aromatic nitrogens is 2. The summed E-state index contributed by atoms with van der Waals surface area (Å²) >= 11 is 7.76. The van der Waals surface area contributed by atoms with Gasteiger partial charge in [-0.1, -0.05) is 11.6 Å². The minimum atomic E-state index is -1.01. The summed E-state index contributed by atoms with van der Waals surface area (Å²) in [6.07, 6.45) is 4.01. The average molecular weight is 448 g/mol. The predicted molar refractivity (Wildman–Crippen MR) is 120 cm³/mol. The van der Waals surface area contributed by atoms with Crippen LogP contribution in [0.15, 0.2) is 34.0 Å². The molecule has 0 saturated heterocycles. The Balaban J connectivity index is 2.03. The highest BCUT2D eigenvalue weighted by molar-refractivity contribution is 7.99. The number of methoxy groups -OCH3 is 1. The molecule has 1 N–H and O–H groups in total. The molecule has 1 saturated carbocycles. The van der Waals surface area contributed by atoms with Crippen LogP contribution in [0.5, 0.6) is 0 Å². The Morgan fingerprint density at radius 3 is 2.70 bits per heavy atom. The lowest BCUT2D eigenvalue weighted by molar-refractivity contribution is -0.137. The number of ether oxygens (including phenoxy) is 1. The lowest BCUT2D eigenvalue weighted by Crippen LogP contribution is -2.30. The smallest absolute Gasteiger partial charge is 0.323 e. The molecule has 0 aliphatic heterocycles. The molecule has 1 aliphatic rings. The first-order chi connectivity index (χ1) is 14.5. The maximum atomic E-state index is 13.2. The van der Waals surface area contributed by atoms with E-state index in [9.17, 15) is 14.7 Å². The number of carboxylic acid groups (broad SMARTS) is 1. The molecule has 0 spiro atoms. The van der Waals surface area contributed by atoms with E-state index in [0.29, 0.717) is 56.9 Å². The zero-order valence-electron chi connectivity index (χ0n) is 16.7. The summed E-state index contributed by atoms with van der Waals surface area (Å²) in [5.41, 5.74) is 0.685. The van der Waals surface area contributed by atoms with Gasteiger partial charge < -0.3 is 19.3 Å². The molecule has 2 heterocycles. The molecule has 0 atom stereocenters. The zero-order chi connectivity index (χ0) is 21.4. The number of fused-ring (bicyclic) bond motifs is 2. The van der Waals surface area contributed by atoms with Crippen LogP contribution < -0.4 is 10.3 Å². The van der Waals surface area contributed by atoms with Crippen LogP contribution in [0.1, 0.15) is 12.8 Å². The van der Waals surface area contributed by atoms with Gasteiger partial charge in [-0.15, -0.1) is 11.8 Å². The van der Waals surface area contributed by atoms with E-state index in [4.69, 9.17) is 21.3 Å². The van der Waals surface area contributed by atoms with Crippen LogP contribution in [0, 0.1) is 0 Å². The van der Waals surface area contributed by atoms with Crippen molar-refractivity contribution >= 4 is 57.1 Å². The first-order valence-corrected chi connectivity index (χ1v) is 11.2. The number of anilines is 1. The molecule has 0 radical (unpaired) electrons. The molecule has 1 aliphatic carbocycles. The fourth-order valence-electron chi connectivity index (χ4n) is 3.77. The van der Waals surface area contributed by atoms with E-state index in [1.165, 1.54) is 11.8 Å². The average Bonchev–Trinajstić information content (AvgIpc) is 3.56. The molecule has 0 unspecified atom stereocenters. The van der Waals surface area contributed by atoms with Crippen molar-refractivity contribution in [3.63, 3.8) is 0 Å². The van der Waals surface area contributed by atoms with Gasteiger partial charge in [0.1, 0.15) is 18.0 Å². The van der Waals surface area contributed by atoms with Crippen molar-refractivity contribution in [1.29, 1.82) is 0 Å². The summed E-state index contributed by atoms with van der Waals surface area (Å²) in [7, 11) is 1.66. The Kier molecular flexibility index (Phi) is 5.90. The highest BCUT2D eigenvalue weighted by atomic mass is 35.5. The van der Waals surface area contributed by atoms with E-state index >= 15 is 0 Å². The second-order valence-electron chi connectivity index (χ2n) is 7.24. The number of carbonyl (C=O) groups is 1. The molecule has 158 valence electrons. The fourth-order valence-corrected chi connectivity index (χ4v) is 4.83. The number of hydrogen-bond donors (Lipinski definition) is 1. The van der Waals surface area contributed by atoms with Crippen molar-refractivity contribution in [3.8, 4) is 0 Å². The predicted octanol–water partition coefficient (Wildman–Crippen LogP) is 3.62. The molecule has 3 aromatic rings. The highest BCUT2D eigenvalue weighted by Gasteiger charge is 2.30. The number of halogens is 1. The van der Waals surface area contributed by atoms with E-state index in [-0.39, 0.29) is 12.0 Å². The van der Waals surface area contributed by atoms with Crippen LogP contribution in [0.4, 0.5) is 5.82 Å². The van der Waals surface area contributed by atoms with Crippen LogP contribution in [0.25, 0.3) is 21.9 Å². The van der Waals surface area contributed by atoms with E-state index in [1.54, 1.807) is 29.9 Å². The van der Waals surface area contributed by atoms with E-state index < -0.39 is 5.97 Å². The Hall–Kier alpha value is -2.29. The van der Waals surface area contributed by atoms with Gasteiger partial charge in [-0.05, 0) is 43.4 Å². The van der Waals surface area contributed by atoms with Gasteiger partial charge in [0.05, 0.1) is 27.4 Å². The number of aliphatic carboxylic acids is 1. The standard InChI is InChI=1S/C21H22ClN3O4S/c1-29-10-9-24(12-3-4-12)16-8-6-14-19(28)13-5-7-15(22)20(30-2)18(13)25(11-17(26)27)21(14)23-16/h5-8,12H,3-4,9-11H2,1-2H3,(H,26,27). The summed E-state index contributed by atoms with van der Waals surface area (Å²) in [5, 5.41) is 10.9. The van der Waals surface area contributed by atoms with Gasteiger partial charge in [-0.3, -0.25) is 9.59 Å². The molecular formula is C21H22ClN3O4S. The maximum absolute atomic E-state index is 13.2. The molecule has 4 rings (SSSR count). The van der Waals surface area contributed by atoms with Gasteiger partial charge in [-0.2, -0.15) is 0 Å². The molecule has 0 bridgehead atoms. The number of carboxylic acids is 1. The molecular weight excluding hydrogens is 426 g/mol. The number of thioether (sulfide) groups is 1. The van der Waals surface area contributed by atoms with Crippen molar-refractivity contribution < 1.29 is 14.6 Å². The van der Waals surface area contributed by atoms with Gasteiger partial charge in [0.25, 0.3) is 0 Å². The number of nitrogens with zero attached hydrogens (tertiary/aromatic N) is 3. The van der Waals surface area contributed by atoms with Crippen LogP contribution in [-0.4, -0.2) is 53.2 Å². The molecule has 1 fully saturated rings. The number of pyridine rings is 2. The first-order valence-electron chi connectivity index (χ1n) is 9.63. The number of hydrogen-bond acceptors (Lipinski definition) is 6. The van der Waals surface area contributed by atoms with Gasteiger partial charge >= 0.3 is 5.97 Å². The van der Waals surface area contributed by atoms with Crippen LogP contribution >= 0.6 is 23.4 Å². The Bertz CT molecular complexity index is 1190. The quantitative estimate of drug-likeness (QED) is 0.417. The zero-order valence-corrected chi connectivity index (χ0v) is 18.3. The van der Waals surface area contributed by atoms with Gasteiger partial charge in [0, 0.05) is 25.1 Å². The minimum Gasteiger partial charge on any atom is -0.480 e. The van der Waals surface area contributed by atoms with Crippen molar-refractivity contribution in [2.45, 2.75) is 30.3 Å².